The maximum absolute atomic E-state index is 13.1. The van der Waals surface area contributed by atoms with E-state index in [2.05, 4.69) is 9.97 Å². The van der Waals surface area contributed by atoms with Crippen molar-refractivity contribution in [2.75, 3.05) is 18.0 Å². The molecule has 2 aliphatic rings. The van der Waals surface area contributed by atoms with Crippen LogP contribution >= 0.6 is 11.6 Å². The summed E-state index contributed by atoms with van der Waals surface area (Å²) < 4.78 is 39.4. The molecule has 0 radical (unpaired) electrons. The van der Waals surface area contributed by atoms with Gasteiger partial charge in [-0.25, -0.2) is 4.98 Å². The van der Waals surface area contributed by atoms with E-state index in [4.69, 9.17) is 16.6 Å². The zero-order valence-electron chi connectivity index (χ0n) is 20.9. The van der Waals surface area contributed by atoms with Gasteiger partial charge in [0.1, 0.15) is 11.5 Å². The molecule has 2 amide bonds. The molecule has 40 heavy (non-hydrogen) atoms. The number of aromatic nitrogens is 3. The van der Waals surface area contributed by atoms with E-state index in [1.54, 1.807) is 42.7 Å². The van der Waals surface area contributed by atoms with Crippen LogP contribution in [0.15, 0.2) is 73.2 Å². The number of carbonyl (C=O) groups is 2. The first-order chi connectivity index (χ1) is 19.2. The molecule has 11 heteroatoms. The van der Waals surface area contributed by atoms with E-state index in [9.17, 15) is 22.8 Å². The fourth-order valence-electron chi connectivity index (χ4n) is 5.21. The van der Waals surface area contributed by atoms with Crippen LogP contribution < -0.4 is 4.90 Å². The average Bonchev–Trinajstić information content (AvgIpc) is 3.22. The van der Waals surface area contributed by atoms with E-state index >= 15 is 0 Å². The number of benzene rings is 2. The first-order valence-corrected chi connectivity index (χ1v) is 13.0. The van der Waals surface area contributed by atoms with Crippen LogP contribution in [0.4, 0.5) is 19.0 Å². The smallest absolute Gasteiger partial charge is 0.355 e. The molecule has 4 aromatic rings. The minimum Gasteiger partial charge on any atom is -0.355 e. The summed E-state index contributed by atoms with van der Waals surface area (Å²) in [5.41, 5.74) is 1.89. The topological polar surface area (TPSA) is 79.3 Å². The van der Waals surface area contributed by atoms with Crippen molar-refractivity contribution in [1.82, 2.24) is 19.9 Å². The van der Waals surface area contributed by atoms with Crippen LogP contribution in [0.1, 0.15) is 39.1 Å². The Morgan fingerprint density at radius 3 is 2.08 bits per heavy atom. The number of halogens is 4. The van der Waals surface area contributed by atoms with Crippen molar-refractivity contribution in [2.45, 2.75) is 25.1 Å². The first kappa shape index (κ1) is 25.9. The third-order valence-electron chi connectivity index (χ3n) is 7.25. The van der Waals surface area contributed by atoms with Crippen molar-refractivity contribution in [3.05, 3.63) is 94.9 Å². The van der Waals surface area contributed by atoms with Crippen molar-refractivity contribution >= 4 is 29.2 Å². The third-order valence-corrected chi connectivity index (χ3v) is 7.55. The van der Waals surface area contributed by atoms with E-state index in [1.165, 1.54) is 23.2 Å². The molecular formula is C29H21ClF3N5O2. The highest BCUT2D eigenvalue weighted by atomic mass is 35.5. The van der Waals surface area contributed by atoms with Gasteiger partial charge in [-0.15, -0.1) is 0 Å². The number of piperidine rings is 1. The molecule has 0 atom stereocenters. The fourth-order valence-corrected chi connectivity index (χ4v) is 5.42. The normalized spacial score (nSPS) is 16.0. The lowest BCUT2D eigenvalue weighted by atomic mass is 10.0. The highest BCUT2D eigenvalue weighted by Gasteiger charge is 2.41. The summed E-state index contributed by atoms with van der Waals surface area (Å²) in [5, 5.41) is 0.325. The number of nitrogens with zero attached hydrogens (tertiary/aromatic N) is 5. The third kappa shape index (κ3) is 4.58. The molecule has 1 saturated heterocycles. The molecule has 4 heterocycles. The van der Waals surface area contributed by atoms with E-state index in [0.29, 0.717) is 70.4 Å². The van der Waals surface area contributed by atoms with Crippen molar-refractivity contribution in [2.24, 2.45) is 0 Å². The van der Waals surface area contributed by atoms with Crippen molar-refractivity contribution in [3.63, 3.8) is 0 Å². The van der Waals surface area contributed by atoms with Gasteiger partial charge in [0.25, 0.3) is 11.8 Å². The Kier molecular flexibility index (Phi) is 6.50. The second kappa shape index (κ2) is 10.0. The lowest BCUT2D eigenvalue weighted by Crippen LogP contribution is -2.47. The number of pyridine rings is 1. The molecule has 7 nitrogen and oxygen atoms in total. The van der Waals surface area contributed by atoms with E-state index in [0.717, 1.165) is 12.1 Å². The number of fused-ring (bicyclic) bond motifs is 1. The fraction of sp³-hybridized carbons (Fsp3) is 0.207. The zero-order valence-corrected chi connectivity index (χ0v) is 21.7. The number of amides is 2. The average molecular weight is 564 g/mol. The van der Waals surface area contributed by atoms with E-state index < -0.39 is 11.7 Å². The van der Waals surface area contributed by atoms with Crippen LogP contribution in [-0.4, -0.2) is 50.8 Å². The Morgan fingerprint density at radius 1 is 0.825 bits per heavy atom. The summed E-state index contributed by atoms with van der Waals surface area (Å²) in [6.45, 7) is 1.05. The summed E-state index contributed by atoms with van der Waals surface area (Å²) in [7, 11) is 0. The second-order valence-electron chi connectivity index (χ2n) is 9.60. The predicted molar refractivity (Wildman–Crippen MR) is 143 cm³/mol. The molecule has 2 aromatic carbocycles. The molecule has 1 fully saturated rings. The van der Waals surface area contributed by atoms with Gasteiger partial charge in [0.05, 0.1) is 33.6 Å². The quantitative estimate of drug-likeness (QED) is 0.277. The lowest BCUT2D eigenvalue weighted by molar-refractivity contribution is -0.137. The van der Waals surface area contributed by atoms with E-state index in [1.807, 2.05) is 4.90 Å². The van der Waals surface area contributed by atoms with Crippen LogP contribution in [0.3, 0.4) is 0 Å². The largest absolute Gasteiger partial charge is 0.416 e. The van der Waals surface area contributed by atoms with Crippen LogP contribution in [0.25, 0.3) is 22.5 Å². The molecule has 2 aliphatic heterocycles. The molecule has 0 aliphatic carbocycles. The molecule has 0 saturated carbocycles. The predicted octanol–water partition coefficient (Wildman–Crippen LogP) is 6.14. The van der Waals surface area contributed by atoms with Crippen molar-refractivity contribution in [1.29, 1.82) is 0 Å². The molecule has 6 rings (SSSR count). The Hall–Kier alpha value is -4.31. The number of alkyl halides is 3. The van der Waals surface area contributed by atoms with Crippen LogP contribution in [0.2, 0.25) is 5.02 Å². The monoisotopic (exact) mass is 563 g/mol. The summed E-state index contributed by atoms with van der Waals surface area (Å²) in [6, 6.07) is 13.0. The molecule has 202 valence electrons. The maximum atomic E-state index is 13.1. The summed E-state index contributed by atoms with van der Waals surface area (Å²) in [4.78, 5) is 42.7. The first-order valence-electron chi connectivity index (χ1n) is 12.6. The van der Waals surface area contributed by atoms with Crippen LogP contribution in [0.5, 0.6) is 0 Å². The minimum absolute atomic E-state index is 0.239. The van der Waals surface area contributed by atoms with Gasteiger partial charge in [-0.3, -0.25) is 24.5 Å². The molecular weight excluding hydrogens is 543 g/mol. The second-order valence-corrected chi connectivity index (χ2v) is 10.0. The van der Waals surface area contributed by atoms with Gasteiger partial charge in [0.15, 0.2) is 0 Å². The number of rotatable bonds is 4. The molecule has 0 spiro atoms. The summed E-state index contributed by atoms with van der Waals surface area (Å²) in [6.07, 6.45) is 1.26. The van der Waals surface area contributed by atoms with Gasteiger partial charge in [-0.05, 0) is 43.2 Å². The highest BCUT2D eigenvalue weighted by Crippen LogP contribution is 2.37. The number of hydrogen-bond acceptors (Lipinski definition) is 6. The molecule has 0 bridgehead atoms. The Labute approximate surface area is 232 Å². The van der Waals surface area contributed by atoms with Crippen molar-refractivity contribution in [3.8, 4) is 22.5 Å². The Morgan fingerprint density at radius 2 is 1.48 bits per heavy atom. The van der Waals surface area contributed by atoms with Gasteiger partial charge in [-0.1, -0.05) is 35.9 Å². The highest BCUT2D eigenvalue weighted by molar-refractivity contribution is 6.33. The van der Waals surface area contributed by atoms with Gasteiger partial charge < -0.3 is 4.90 Å². The maximum Gasteiger partial charge on any atom is 0.416 e. The molecule has 2 aromatic heterocycles. The minimum atomic E-state index is -4.45. The SMILES string of the molecule is O=C1c2ccccc2C(=O)N1C1CCN(c2cnc(-c3ccc(C(F)(F)F)cc3)c(-c3ccncc3Cl)n2)CC1. The summed E-state index contributed by atoms with van der Waals surface area (Å²) >= 11 is 6.44. The van der Waals surface area contributed by atoms with Gasteiger partial charge in [-0.2, -0.15) is 13.2 Å². The number of carbonyl (C=O) groups excluding carboxylic acids is 2. The van der Waals surface area contributed by atoms with Gasteiger partial charge in [0.2, 0.25) is 0 Å². The Bertz CT molecular complexity index is 1580. The van der Waals surface area contributed by atoms with Crippen LogP contribution in [-0.2, 0) is 6.18 Å². The summed E-state index contributed by atoms with van der Waals surface area (Å²) in [5.74, 6) is 0.0167. The number of imide groups is 1. The van der Waals surface area contributed by atoms with Gasteiger partial charge >= 0.3 is 6.18 Å². The van der Waals surface area contributed by atoms with Gasteiger partial charge in [0, 0.05) is 42.7 Å². The zero-order chi connectivity index (χ0) is 28.0. The standard InChI is InChI=1S/C29H21ClF3N5O2/c30-23-15-34-12-9-22(23)26-25(17-5-7-18(8-6-17)29(31,32)33)35-16-24(36-26)37-13-10-19(11-14-37)38-27(39)20-3-1-2-4-21(20)28(38)40/h1-9,12,15-16,19H,10-11,13-14H2. The molecule has 0 unspecified atom stereocenters. The van der Waals surface area contributed by atoms with E-state index in [-0.39, 0.29) is 17.9 Å². The lowest BCUT2D eigenvalue weighted by Gasteiger charge is -2.36. The number of anilines is 1. The van der Waals surface area contributed by atoms with Crippen LogP contribution in [0, 0.1) is 0 Å². The van der Waals surface area contributed by atoms with Crippen molar-refractivity contribution < 1.29 is 22.8 Å². The Balaban J connectivity index is 1.28. The number of hydrogen-bond donors (Lipinski definition) is 0. The molecule has 0 N–H and O–H groups in total.